The zero-order valence-electron chi connectivity index (χ0n) is 8.61. The van der Waals surface area contributed by atoms with Gasteiger partial charge in [0, 0.05) is 15.3 Å². The van der Waals surface area contributed by atoms with Crippen molar-refractivity contribution in [2.24, 2.45) is 0 Å². The average Bonchev–Trinajstić information content (AvgIpc) is 1.99. The lowest BCUT2D eigenvalue weighted by Crippen LogP contribution is -2.11. The fraction of sp³-hybridized carbons (Fsp3) is 0.455. The van der Waals surface area contributed by atoms with Crippen LogP contribution in [0.1, 0.15) is 25.0 Å². The van der Waals surface area contributed by atoms with Gasteiger partial charge in [-0.15, -0.1) is 0 Å². The van der Waals surface area contributed by atoms with E-state index in [1.54, 1.807) is 0 Å². The maximum absolute atomic E-state index is 3.44. The molecule has 0 radical (unpaired) electrons. The predicted molar refractivity (Wildman–Crippen MR) is 67.4 cm³/mol. The van der Waals surface area contributed by atoms with Gasteiger partial charge in [0.05, 0.1) is 0 Å². The van der Waals surface area contributed by atoms with E-state index in [0.717, 1.165) is 0 Å². The van der Waals surface area contributed by atoms with Crippen LogP contribution in [-0.2, 0) is 0 Å². The van der Waals surface area contributed by atoms with E-state index in [0.29, 0.717) is 6.04 Å². The molecule has 1 nitrogen and oxygen atoms in total. The number of benzene rings is 1. The number of anilines is 1. The molecule has 0 atom stereocenters. The zero-order valence-corrected chi connectivity index (χ0v) is 10.8. The zero-order chi connectivity index (χ0) is 10.0. The summed E-state index contributed by atoms with van der Waals surface area (Å²) in [4.78, 5) is 0. The molecular formula is C11H16IN. The Morgan fingerprint density at radius 1 is 1.15 bits per heavy atom. The second kappa shape index (κ2) is 4.31. The Balaban J connectivity index is 3.01. The molecule has 0 aliphatic carbocycles. The first-order chi connectivity index (χ1) is 6.00. The van der Waals surface area contributed by atoms with E-state index in [-0.39, 0.29) is 0 Å². The maximum atomic E-state index is 3.44. The van der Waals surface area contributed by atoms with Crippen molar-refractivity contribution in [3.8, 4) is 0 Å². The van der Waals surface area contributed by atoms with Crippen LogP contribution in [0.3, 0.4) is 0 Å². The van der Waals surface area contributed by atoms with E-state index in [9.17, 15) is 0 Å². The molecule has 72 valence electrons. The summed E-state index contributed by atoms with van der Waals surface area (Å²) in [7, 11) is 0. The second-order valence-corrected chi connectivity index (χ2v) is 4.88. The number of hydrogen-bond donors (Lipinski definition) is 1. The van der Waals surface area contributed by atoms with Gasteiger partial charge in [-0.1, -0.05) is 0 Å². The number of aryl methyl sites for hydroxylation is 2. The van der Waals surface area contributed by atoms with E-state index in [1.165, 1.54) is 20.4 Å². The van der Waals surface area contributed by atoms with Crippen molar-refractivity contribution in [1.82, 2.24) is 0 Å². The Hall–Kier alpha value is -0.250. The fourth-order valence-electron chi connectivity index (χ4n) is 1.25. The lowest BCUT2D eigenvalue weighted by Gasteiger charge is -2.14. The van der Waals surface area contributed by atoms with Crippen LogP contribution in [-0.4, -0.2) is 6.04 Å². The summed E-state index contributed by atoms with van der Waals surface area (Å²) in [6.45, 7) is 8.61. The monoisotopic (exact) mass is 289 g/mol. The van der Waals surface area contributed by atoms with Crippen molar-refractivity contribution in [3.05, 3.63) is 26.8 Å². The van der Waals surface area contributed by atoms with Gasteiger partial charge in [0.2, 0.25) is 0 Å². The molecule has 1 rings (SSSR count). The Kier molecular flexibility index (Phi) is 3.59. The van der Waals surface area contributed by atoms with Crippen LogP contribution in [0.25, 0.3) is 0 Å². The Labute approximate surface area is 94.1 Å². The quantitative estimate of drug-likeness (QED) is 0.818. The molecule has 0 saturated heterocycles. The lowest BCUT2D eigenvalue weighted by molar-refractivity contribution is 0.897. The largest absolute Gasteiger partial charge is 0.383 e. The minimum Gasteiger partial charge on any atom is -0.383 e. The molecule has 0 heterocycles. The summed E-state index contributed by atoms with van der Waals surface area (Å²) >= 11 is 2.37. The SMILES string of the molecule is Cc1cc(NC(C)C)c(C)cc1I. The summed E-state index contributed by atoms with van der Waals surface area (Å²) in [6, 6.07) is 4.94. The molecule has 0 fully saturated rings. The molecule has 0 aliphatic rings. The van der Waals surface area contributed by atoms with Crippen LogP contribution in [0.15, 0.2) is 12.1 Å². The average molecular weight is 289 g/mol. The molecule has 1 N–H and O–H groups in total. The number of nitrogens with one attached hydrogen (secondary N) is 1. The van der Waals surface area contributed by atoms with Gasteiger partial charge in [-0.3, -0.25) is 0 Å². The standard InChI is InChI=1S/C11H16IN/c1-7(2)13-11-6-8(3)10(12)5-9(11)4/h5-7,13H,1-4H3. The van der Waals surface area contributed by atoms with E-state index >= 15 is 0 Å². The first kappa shape index (κ1) is 10.8. The minimum absolute atomic E-state index is 0.498. The van der Waals surface area contributed by atoms with E-state index < -0.39 is 0 Å². The third-order valence-electron chi connectivity index (χ3n) is 1.95. The number of halogens is 1. The molecule has 0 amide bonds. The van der Waals surface area contributed by atoms with Crippen molar-refractivity contribution >= 4 is 28.3 Å². The highest BCUT2D eigenvalue weighted by atomic mass is 127. The van der Waals surface area contributed by atoms with E-state index in [1.807, 2.05) is 0 Å². The highest BCUT2D eigenvalue weighted by Gasteiger charge is 2.02. The van der Waals surface area contributed by atoms with Gasteiger partial charge < -0.3 is 5.32 Å². The van der Waals surface area contributed by atoms with Crippen LogP contribution < -0.4 is 5.32 Å². The minimum atomic E-state index is 0.498. The molecule has 13 heavy (non-hydrogen) atoms. The first-order valence-electron chi connectivity index (χ1n) is 4.54. The maximum Gasteiger partial charge on any atom is 0.0375 e. The molecular weight excluding hydrogens is 273 g/mol. The number of hydrogen-bond acceptors (Lipinski definition) is 1. The van der Waals surface area contributed by atoms with Crippen molar-refractivity contribution in [2.45, 2.75) is 33.7 Å². The van der Waals surface area contributed by atoms with Gasteiger partial charge in [-0.05, 0) is 73.5 Å². The van der Waals surface area contributed by atoms with Crippen molar-refractivity contribution in [1.29, 1.82) is 0 Å². The summed E-state index contributed by atoms with van der Waals surface area (Å²) in [6.07, 6.45) is 0. The topological polar surface area (TPSA) is 12.0 Å². The molecule has 1 aromatic rings. The molecule has 0 saturated carbocycles. The van der Waals surface area contributed by atoms with E-state index in [2.05, 4.69) is 67.7 Å². The predicted octanol–water partition coefficient (Wildman–Crippen LogP) is 3.73. The summed E-state index contributed by atoms with van der Waals surface area (Å²) in [5, 5.41) is 3.44. The molecule has 1 aromatic carbocycles. The second-order valence-electron chi connectivity index (χ2n) is 3.72. The molecule has 0 unspecified atom stereocenters. The van der Waals surface area contributed by atoms with Crippen LogP contribution in [0.5, 0.6) is 0 Å². The molecule has 0 aromatic heterocycles. The molecule has 0 bridgehead atoms. The molecule has 0 spiro atoms. The Morgan fingerprint density at radius 3 is 2.31 bits per heavy atom. The normalized spacial score (nSPS) is 10.6. The summed E-state index contributed by atoms with van der Waals surface area (Å²) < 4.78 is 1.34. The van der Waals surface area contributed by atoms with Crippen molar-refractivity contribution < 1.29 is 0 Å². The Morgan fingerprint density at radius 2 is 1.77 bits per heavy atom. The molecule has 2 heteroatoms. The number of rotatable bonds is 2. The third-order valence-corrected chi connectivity index (χ3v) is 3.11. The van der Waals surface area contributed by atoms with Crippen LogP contribution in [0, 0.1) is 17.4 Å². The van der Waals surface area contributed by atoms with Crippen molar-refractivity contribution in [3.63, 3.8) is 0 Å². The van der Waals surface area contributed by atoms with Crippen molar-refractivity contribution in [2.75, 3.05) is 5.32 Å². The van der Waals surface area contributed by atoms with E-state index in [4.69, 9.17) is 0 Å². The van der Waals surface area contributed by atoms with Gasteiger partial charge in [0.25, 0.3) is 0 Å². The van der Waals surface area contributed by atoms with Crippen LogP contribution in [0.2, 0.25) is 0 Å². The summed E-state index contributed by atoms with van der Waals surface area (Å²) in [5.41, 5.74) is 3.92. The lowest BCUT2D eigenvalue weighted by atomic mass is 10.1. The van der Waals surface area contributed by atoms with Gasteiger partial charge >= 0.3 is 0 Å². The fourth-order valence-corrected chi connectivity index (χ4v) is 1.87. The smallest absolute Gasteiger partial charge is 0.0375 e. The third kappa shape index (κ3) is 2.86. The van der Waals surface area contributed by atoms with Crippen LogP contribution in [0.4, 0.5) is 5.69 Å². The van der Waals surface area contributed by atoms with Gasteiger partial charge in [-0.25, -0.2) is 0 Å². The molecule has 0 aliphatic heterocycles. The highest BCUT2D eigenvalue weighted by molar-refractivity contribution is 14.1. The summed E-state index contributed by atoms with van der Waals surface area (Å²) in [5.74, 6) is 0. The van der Waals surface area contributed by atoms with Gasteiger partial charge in [-0.2, -0.15) is 0 Å². The highest BCUT2D eigenvalue weighted by Crippen LogP contribution is 2.22. The van der Waals surface area contributed by atoms with Crippen LogP contribution >= 0.6 is 22.6 Å². The Bertz CT molecular complexity index is 305. The van der Waals surface area contributed by atoms with Gasteiger partial charge in [0.1, 0.15) is 0 Å². The first-order valence-corrected chi connectivity index (χ1v) is 5.62. The van der Waals surface area contributed by atoms with Gasteiger partial charge in [0.15, 0.2) is 0 Å².